The van der Waals surface area contributed by atoms with E-state index in [0.29, 0.717) is 33.2 Å². The first kappa shape index (κ1) is 18.5. The molecule has 1 saturated carbocycles. The number of carbonyl (C=O) groups excluding carboxylic acids is 2. The van der Waals surface area contributed by atoms with Crippen molar-refractivity contribution >= 4 is 46.5 Å². The number of para-hydroxylation sites is 1. The molecule has 2 aromatic rings. The normalized spacial score (nSPS) is 13.2. The second-order valence-electron chi connectivity index (χ2n) is 6.15. The number of anilines is 2. The molecule has 3 rings (SSSR count). The highest BCUT2D eigenvalue weighted by atomic mass is 35.5. The maximum Gasteiger partial charge on any atom is 0.254 e. The minimum absolute atomic E-state index is 0.131. The van der Waals surface area contributed by atoms with Gasteiger partial charge in [-0.3, -0.25) is 9.59 Å². The number of carbonyl (C=O) groups is 2. The fraction of sp³-hybridized carbons (Fsp3) is 0.278. The third kappa shape index (κ3) is 4.65. The second-order valence-corrected chi connectivity index (χ2v) is 6.97. The molecule has 2 N–H and O–H groups in total. The molecular weight excluding hydrogens is 375 g/mol. The number of amides is 2. The van der Waals surface area contributed by atoms with Gasteiger partial charge in [-0.2, -0.15) is 0 Å². The van der Waals surface area contributed by atoms with E-state index >= 15 is 0 Å². The smallest absolute Gasteiger partial charge is 0.254 e. The summed E-state index contributed by atoms with van der Waals surface area (Å²) in [4.78, 5) is 30.3. The summed E-state index contributed by atoms with van der Waals surface area (Å²) in [6.45, 7) is -0.131. The number of nitrogens with one attached hydrogen (secondary N) is 2. The number of halogens is 2. The molecule has 0 spiro atoms. The molecule has 0 bridgehead atoms. The van der Waals surface area contributed by atoms with E-state index in [2.05, 4.69) is 15.6 Å². The van der Waals surface area contributed by atoms with Crippen LogP contribution in [0.3, 0.4) is 0 Å². The Morgan fingerprint density at radius 3 is 2.58 bits per heavy atom. The average Bonchev–Trinajstić information content (AvgIpc) is 3.42. The lowest BCUT2D eigenvalue weighted by Crippen LogP contribution is -2.35. The first-order valence-electron chi connectivity index (χ1n) is 8.16. The van der Waals surface area contributed by atoms with Gasteiger partial charge >= 0.3 is 0 Å². The zero-order valence-electron chi connectivity index (χ0n) is 14.1. The molecule has 1 aliphatic rings. The summed E-state index contributed by atoms with van der Waals surface area (Å²) in [5.41, 5.74) is 0.802. The Morgan fingerprint density at radius 1 is 1.23 bits per heavy atom. The molecule has 8 heteroatoms. The number of pyridine rings is 1. The molecule has 1 heterocycles. The van der Waals surface area contributed by atoms with Crippen LogP contribution in [0.25, 0.3) is 0 Å². The standard InChI is InChI=1S/C18H18Cl2N4O2/c1-24(10-16(25)23-17-13(19)3-2-4-14(17)20)18(26)11-7-8-21-15(9-11)22-12-5-6-12/h2-4,7-9,12H,5-6,10H2,1H3,(H,21,22)(H,23,25). The minimum Gasteiger partial charge on any atom is -0.367 e. The number of aromatic nitrogens is 1. The molecule has 1 aromatic heterocycles. The van der Waals surface area contributed by atoms with E-state index in [0.717, 1.165) is 12.8 Å². The topological polar surface area (TPSA) is 74.3 Å². The van der Waals surface area contributed by atoms with Gasteiger partial charge in [-0.15, -0.1) is 0 Å². The molecular formula is C18H18Cl2N4O2. The molecule has 0 aliphatic heterocycles. The van der Waals surface area contributed by atoms with Gasteiger partial charge in [0, 0.05) is 24.8 Å². The van der Waals surface area contributed by atoms with Crippen LogP contribution >= 0.6 is 23.2 Å². The maximum absolute atomic E-state index is 12.6. The summed E-state index contributed by atoms with van der Waals surface area (Å²) in [6, 6.07) is 8.70. The van der Waals surface area contributed by atoms with Gasteiger partial charge in [0.25, 0.3) is 5.91 Å². The number of nitrogens with zero attached hydrogens (tertiary/aromatic N) is 2. The lowest BCUT2D eigenvalue weighted by molar-refractivity contribution is -0.116. The van der Waals surface area contributed by atoms with Crippen LogP contribution in [0.15, 0.2) is 36.5 Å². The van der Waals surface area contributed by atoms with Crippen LogP contribution in [0.4, 0.5) is 11.5 Å². The van der Waals surface area contributed by atoms with Crippen molar-refractivity contribution in [3.8, 4) is 0 Å². The van der Waals surface area contributed by atoms with E-state index in [1.54, 1.807) is 43.6 Å². The summed E-state index contributed by atoms with van der Waals surface area (Å²) >= 11 is 12.1. The summed E-state index contributed by atoms with van der Waals surface area (Å²) in [5.74, 6) is 0.00642. The fourth-order valence-corrected chi connectivity index (χ4v) is 2.88. The van der Waals surface area contributed by atoms with E-state index < -0.39 is 0 Å². The molecule has 26 heavy (non-hydrogen) atoms. The highest BCUT2D eigenvalue weighted by Gasteiger charge is 2.22. The molecule has 2 amide bonds. The van der Waals surface area contributed by atoms with Crippen molar-refractivity contribution in [1.82, 2.24) is 9.88 Å². The summed E-state index contributed by atoms with van der Waals surface area (Å²) < 4.78 is 0. The number of hydrogen-bond donors (Lipinski definition) is 2. The van der Waals surface area contributed by atoms with E-state index in [1.807, 2.05) is 0 Å². The average molecular weight is 393 g/mol. The zero-order valence-corrected chi connectivity index (χ0v) is 15.6. The summed E-state index contributed by atoms with van der Waals surface area (Å²) in [6.07, 6.45) is 3.81. The zero-order chi connectivity index (χ0) is 18.7. The molecule has 1 aliphatic carbocycles. The molecule has 0 radical (unpaired) electrons. The minimum atomic E-state index is -0.388. The Balaban J connectivity index is 1.62. The number of hydrogen-bond acceptors (Lipinski definition) is 4. The first-order chi connectivity index (χ1) is 12.4. The van der Waals surface area contributed by atoms with Crippen LogP contribution in [0, 0.1) is 0 Å². The van der Waals surface area contributed by atoms with Crippen molar-refractivity contribution < 1.29 is 9.59 Å². The lowest BCUT2D eigenvalue weighted by Gasteiger charge is -2.18. The number of rotatable bonds is 6. The SMILES string of the molecule is CN(CC(=O)Nc1c(Cl)cccc1Cl)C(=O)c1ccnc(NC2CC2)c1. The predicted molar refractivity (Wildman–Crippen MR) is 103 cm³/mol. The van der Waals surface area contributed by atoms with Crippen molar-refractivity contribution in [1.29, 1.82) is 0 Å². The van der Waals surface area contributed by atoms with Gasteiger partial charge in [-0.25, -0.2) is 4.98 Å². The van der Waals surface area contributed by atoms with Crippen LogP contribution in [0.1, 0.15) is 23.2 Å². The molecule has 0 saturated heterocycles. The maximum atomic E-state index is 12.6. The molecule has 6 nitrogen and oxygen atoms in total. The van der Waals surface area contributed by atoms with Crippen molar-refractivity contribution in [2.75, 3.05) is 24.2 Å². The van der Waals surface area contributed by atoms with Gasteiger partial charge < -0.3 is 15.5 Å². The van der Waals surface area contributed by atoms with Gasteiger partial charge in [0.05, 0.1) is 22.3 Å². The Morgan fingerprint density at radius 2 is 1.92 bits per heavy atom. The quantitative estimate of drug-likeness (QED) is 0.786. The predicted octanol–water partition coefficient (Wildman–Crippen LogP) is 3.67. The molecule has 0 unspecified atom stereocenters. The van der Waals surface area contributed by atoms with Gasteiger partial charge in [0.2, 0.25) is 5.91 Å². The Bertz CT molecular complexity index is 819. The third-order valence-electron chi connectivity index (χ3n) is 3.89. The molecule has 1 fully saturated rings. The Labute approximate surface area is 161 Å². The van der Waals surface area contributed by atoms with Gasteiger partial charge in [0.1, 0.15) is 5.82 Å². The van der Waals surface area contributed by atoms with Gasteiger partial charge in [-0.05, 0) is 37.1 Å². The second kappa shape index (κ2) is 7.93. The van der Waals surface area contributed by atoms with Crippen LogP contribution in [-0.4, -0.2) is 41.3 Å². The van der Waals surface area contributed by atoms with Crippen LogP contribution in [0.5, 0.6) is 0 Å². The molecule has 0 atom stereocenters. The van der Waals surface area contributed by atoms with Crippen molar-refractivity contribution in [2.24, 2.45) is 0 Å². The highest BCUT2D eigenvalue weighted by Crippen LogP contribution is 2.29. The lowest BCUT2D eigenvalue weighted by atomic mass is 10.2. The largest absolute Gasteiger partial charge is 0.367 e. The van der Waals surface area contributed by atoms with Gasteiger partial charge in [0.15, 0.2) is 0 Å². The number of likely N-dealkylation sites (N-methyl/N-ethyl adjacent to an activating group) is 1. The molecule has 1 aromatic carbocycles. The summed E-state index contributed by atoms with van der Waals surface area (Å²) in [7, 11) is 1.56. The van der Waals surface area contributed by atoms with Crippen LogP contribution in [0.2, 0.25) is 10.0 Å². The highest BCUT2D eigenvalue weighted by molar-refractivity contribution is 6.39. The first-order valence-corrected chi connectivity index (χ1v) is 8.91. The third-order valence-corrected chi connectivity index (χ3v) is 4.52. The van der Waals surface area contributed by atoms with E-state index in [1.165, 1.54) is 4.90 Å². The van der Waals surface area contributed by atoms with Crippen molar-refractivity contribution in [3.05, 3.63) is 52.1 Å². The summed E-state index contributed by atoms with van der Waals surface area (Å²) in [5, 5.41) is 6.56. The Kier molecular flexibility index (Phi) is 5.64. The Hall–Kier alpha value is -2.31. The van der Waals surface area contributed by atoms with Gasteiger partial charge in [-0.1, -0.05) is 29.3 Å². The van der Waals surface area contributed by atoms with Crippen molar-refractivity contribution in [3.63, 3.8) is 0 Å². The molecule has 136 valence electrons. The van der Waals surface area contributed by atoms with Crippen LogP contribution < -0.4 is 10.6 Å². The fourth-order valence-electron chi connectivity index (χ4n) is 2.38. The van der Waals surface area contributed by atoms with Crippen LogP contribution in [-0.2, 0) is 4.79 Å². The van der Waals surface area contributed by atoms with E-state index in [-0.39, 0.29) is 18.4 Å². The monoisotopic (exact) mass is 392 g/mol. The van der Waals surface area contributed by atoms with E-state index in [9.17, 15) is 9.59 Å². The van der Waals surface area contributed by atoms with E-state index in [4.69, 9.17) is 23.2 Å². The van der Waals surface area contributed by atoms with Crippen molar-refractivity contribution in [2.45, 2.75) is 18.9 Å². The number of benzene rings is 1.